The predicted octanol–water partition coefficient (Wildman–Crippen LogP) is 1.67. The normalized spacial score (nSPS) is 10.8. The van der Waals surface area contributed by atoms with E-state index in [1.165, 1.54) is 0 Å². The van der Waals surface area contributed by atoms with Crippen LogP contribution in [0.25, 0.3) is 0 Å². The van der Waals surface area contributed by atoms with E-state index in [0.29, 0.717) is 25.4 Å². The lowest BCUT2D eigenvalue weighted by Crippen LogP contribution is -2.39. The van der Waals surface area contributed by atoms with Crippen molar-refractivity contribution >= 4 is 11.6 Å². The first-order valence-electron chi connectivity index (χ1n) is 6.75. The summed E-state index contributed by atoms with van der Waals surface area (Å²) in [6.45, 7) is 5.42. The number of nitrogen functional groups attached to an aromatic ring is 1. The number of hydrogen-bond donors (Lipinski definition) is 1. The van der Waals surface area contributed by atoms with E-state index < -0.39 is 0 Å². The Bertz CT molecular complexity index is 421. The van der Waals surface area contributed by atoms with Crippen LogP contribution in [-0.4, -0.2) is 43.8 Å². The molecule has 112 valence electrons. The maximum Gasteiger partial charge on any atom is 0.249 e. The smallest absolute Gasteiger partial charge is 0.249 e. The van der Waals surface area contributed by atoms with Crippen LogP contribution >= 0.6 is 0 Å². The van der Waals surface area contributed by atoms with E-state index in [2.05, 4.69) is 0 Å². The molecular formula is C15H24N2O3. The monoisotopic (exact) mass is 280 g/mol. The highest BCUT2D eigenvalue weighted by Gasteiger charge is 2.18. The Kier molecular flexibility index (Phi) is 7.04. The standard InChI is InChI=1S/C15H24N2O3/c1-12(2)17(15(18)11-20-9-8-19-3)10-13-6-4-5-7-14(13)16/h4-7,12H,8-11,16H2,1-3H3. The molecule has 0 fully saturated rings. The summed E-state index contributed by atoms with van der Waals surface area (Å²) in [6.07, 6.45) is 0. The number of amides is 1. The van der Waals surface area contributed by atoms with Crippen molar-refractivity contribution in [2.24, 2.45) is 0 Å². The first kappa shape index (κ1) is 16.5. The van der Waals surface area contributed by atoms with Crippen molar-refractivity contribution in [1.82, 2.24) is 4.90 Å². The lowest BCUT2D eigenvalue weighted by Gasteiger charge is -2.27. The number of carbonyl (C=O) groups is 1. The van der Waals surface area contributed by atoms with Crippen molar-refractivity contribution in [3.8, 4) is 0 Å². The summed E-state index contributed by atoms with van der Waals surface area (Å²) < 4.78 is 10.2. The summed E-state index contributed by atoms with van der Waals surface area (Å²) in [5.41, 5.74) is 7.57. The van der Waals surface area contributed by atoms with Crippen LogP contribution in [0.2, 0.25) is 0 Å². The number of para-hydroxylation sites is 1. The summed E-state index contributed by atoms with van der Waals surface area (Å²) in [5, 5.41) is 0. The number of carbonyl (C=O) groups excluding carboxylic acids is 1. The Balaban J connectivity index is 2.60. The predicted molar refractivity (Wildman–Crippen MR) is 79.2 cm³/mol. The van der Waals surface area contributed by atoms with Gasteiger partial charge in [0.2, 0.25) is 5.91 Å². The fourth-order valence-corrected chi connectivity index (χ4v) is 1.81. The van der Waals surface area contributed by atoms with Crippen molar-refractivity contribution in [3.05, 3.63) is 29.8 Å². The van der Waals surface area contributed by atoms with Gasteiger partial charge in [0.05, 0.1) is 13.2 Å². The van der Waals surface area contributed by atoms with Crippen LogP contribution in [-0.2, 0) is 20.8 Å². The Morgan fingerprint density at radius 1 is 1.30 bits per heavy atom. The van der Waals surface area contributed by atoms with Crippen LogP contribution < -0.4 is 5.73 Å². The number of benzene rings is 1. The van der Waals surface area contributed by atoms with Crippen LogP contribution in [0.5, 0.6) is 0 Å². The SMILES string of the molecule is COCCOCC(=O)N(Cc1ccccc1N)C(C)C. The second-order valence-corrected chi connectivity index (χ2v) is 4.86. The number of nitrogens with zero attached hydrogens (tertiary/aromatic N) is 1. The molecule has 0 spiro atoms. The lowest BCUT2D eigenvalue weighted by atomic mass is 10.1. The molecule has 1 aromatic carbocycles. The highest BCUT2D eigenvalue weighted by molar-refractivity contribution is 5.78. The molecule has 20 heavy (non-hydrogen) atoms. The largest absolute Gasteiger partial charge is 0.398 e. The molecular weight excluding hydrogens is 256 g/mol. The van der Waals surface area contributed by atoms with Crippen LogP contribution in [0.1, 0.15) is 19.4 Å². The van der Waals surface area contributed by atoms with E-state index in [-0.39, 0.29) is 18.6 Å². The van der Waals surface area contributed by atoms with E-state index in [4.69, 9.17) is 15.2 Å². The average molecular weight is 280 g/mol. The van der Waals surface area contributed by atoms with Crippen LogP contribution in [0.4, 0.5) is 5.69 Å². The number of anilines is 1. The fourth-order valence-electron chi connectivity index (χ4n) is 1.81. The molecule has 0 aromatic heterocycles. The highest BCUT2D eigenvalue weighted by atomic mass is 16.5. The maximum absolute atomic E-state index is 12.2. The number of rotatable bonds is 8. The third-order valence-electron chi connectivity index (χ3n) is 3.00. The van der Waals surface area contributed by atoms with Gasteiger partial charge in [0.1, 0.15) is 6.61 Å². The zero-order valence-electron chi connectivity index (χ0n) is 12.5. The molecule has 0 aliphatic carbocycles. The van der Waals surface area contributed by atoms with E-state index in [9.17, 15) is 4.79 Å². The van der Waals surface area contributed by atoms with Crippen molar-refractivity contribution < 1.29 is 14.3 Å². The molecule has 0 unspecified atom stereocenters. The van der Waals surface area contributed by atoms with E-state index in [0.717, 1.165) is 5.56 Å². The van der Waals surface area contributed by atoms with Crippen LogP contribution in [0.3, 0.4) is 0 Å². The van der Waals surface area contributed by atoms with Gasteiger partial charge in [-0.15, -0.1) is 0 Å². The van der Waals surface area contributed by atoms with Crippen LogP contribution in [0.15, 0.2) is 24.3 Å². The van der Waals surface area contributed by atoms with Crippen LogP contribution in [0, 0.1) is 0 Å². The minimum Gasteiger partial charge on any atom is -0.398 e. The van der Waals surface area contributed by atoms with Crippen molar-refractivity contribution in [1.29, 1.82) is 0 Å². The van der Waals surface area contributed by atoms with E-state index in [1.807, 2.05) is 38.1 Å². The molecule has 0 saturated carbocycles. The van der Waals surface area contributed by atoms with Gasteiger partial charge in [0.25, 0.3) is 0 Å². The average Bonchev–Trinajstić information content (AvgIpc) is 2.42. The molecule has 0 radical (unpaired) electrons. The summed E-state index contributed by atoms with van der Waals surface area (Å²) in [4.78, 5) is 13.9. The Morgan fingerprint density at radius 3 is 2.60 bits per heavy atom. The Morgan fingerprint density at radius 2 is 2.00 bits per heavy atom. The number of methoxy groups -OCH3 is 1. The minimum atomic E-state index is -0.0423. The molecule has 0 aliphatic rings. The van der Waals surface area contributed by atoms with Gasteiger partial charge in [-0.05, 0) is 25.5 Å². The Hall–Kier alpha value is -1.59. The molecule has 2 N–H and O–H groups in total. The molecule has 5 nitrogen and oxygen atoms in total. The first-order valence-corrected chi connectivity index (χ1v) is 6.75. The van der Waals surface area contributed by atoms with Crippen molar-refractivity contribution in [3.63, 3.8) is 0 Å². The van der Waals surface area contributed by atoms with E-state index in [1.54, 1.807) is 12.0 Å². The van der Waals surface area contributed by atoms with Gasteiger partial charge < -0.3 is 20.1 Å². The third kappa shape index (κ3) is 5.19. The van der Waals surface area contributed by atoms with Crippen molar-refractivity contribution in [2.45, 2.75) is 26.4 Å². The summed E-state index contributed by atoms with van der Waals surface area (Å²) >= 11 is 0. The fraction of sp³-hybridized carbons (Fsp3) is 0.533. The summed E-state index contributed by atoms with van der Waals surface area (Å²) in [5.74, 6) is -0.0423. The van der Waals surface area contributed by atoms with E-state index >= 15 is 0 Å². The number of ether oxygens (including phenoxy) is 2. The molecule has 0 heterocycles. The topological polar surface area (TPSA) is 64.8 Å². The molecule has 1 rings (SSSR count). The number of nitrogens with two attached hydrogens (primary N) is 1. The van der Waals surface area contributed by atoms with Gasteiger partial charge in [-0.25, -0.2) is 0 Å². The van der Waals surface area contributed by atoms with Gasteiger partial charge in [-0.1, -0.05) is 18.2 Å². The van der Waals surface area contributed by atoms with Gasteiger partial charge in [0.15, 0.2) is 0 Å². The quantitative estimate of drug-likeness (QED) is 0.581. The highest BCUT2D eigenvalue weighted by Crippen LogP contribution is 2.15. The zero-order chi connectivity index (χ0) is 15.0. The molecule has 0 atom stereocenters. The zero-order valence-corrected chi connectivity index (χ0v) is 12.5. The van der Waals surface area contributed by atoms with Gasteiger partial charge in [0, 0.05) is 25.4 Å². The third-order valence-corrected chi connectivity index (χ3v) is 3.00. The molecule has 1 amide bonds. The minimum absolute atomic E-state index is 0.0423. The maximum atomic E-state index is 12.2. The molecule has 0 bridgehead atoms. The lowest BCUT2D eigenvalue weighted by molar-refractivity contribution is -0.139. The molecule has 0 saturated heterocycles. The molecule has 0 aliphatic heterocycles. The summed E-state index contributed by atoms with van der Waals surface area (Å²) in [7, 11) is 1.60. The van der Waals surface area contributed by atoms with Crippen molar-refractivity contribution in [2.75, 3.05) is 32.7 Å². The molecule has 5 heteroatoms. The second kappa shape index (κ2) is 8.55. The van der Waals surface area contributed by atoms with Gasteiger partial charge in [-0.2, -0.15) is 0 Å². The summed E-state index contributed by atoms with van der Waals surface area (Å²) in [6, 6.07) is 7.67. The first-order chi connectivity index (χ1) is 9.56. The number of hydrogen-bond acceptors (Lipinski definition) is 4. The Labute approximate surface area is 120 Å². The molecule has 1 aromatic rings. The van der Waals surface area contributed by atoms with Gasteiger partial charge >= 0.3 is 0 Å². The second-order valence-electron chi connectivity index (χ2n) is 4.86. The van der Waals surface area contributed by atoms with Gasteiger partial charge in [-0.3, -0.25) is 4.79 Å².